The van der Waals surface area contributed by atoms with E-state index in [4.69, 9.17) is 0 Å². The molecule has 0 aliphatic carbocycles. The minimum atomic E-state index is 1.05. The van der Waals surface area contributed by atoms with Gasteiger partial charge in [-0.3, -0.25) is 0 Å². The summed E-state index contributed by atoms with van der Waals surface area (Å²) in [5, 5.41) is 0. The monoisotopic (exact) mass is 364 g/mol. The summed E-state index contributed by atoms with van der Waals surface area (Å²) in [5.41, 5.74) is 3.74. The summed E-state index contributed by atoms with van der Waals surface area (Å²) in [6, 6.07) is 14.8. The molecule has 0 aliphatic heterocycles. The standard InChI is InChI=1S/C16H14Br2/c1-2-3-4-13-11-15(18)9-10-16(13)12-5-7-14(17)8-6-12/h3-11H,2H2,1H3/b4-3+. The van der Waals surface area contributed by atoms with Crippen LogP contribution in [0, 0.1) is 0 Å². The molecule has 0 N–H and O–H groups in total. The molecular weight excluding hydrogens is 352 g/mol. The van der Waals surface area contributed by atoms with E-state index in [1.165, 1.54) is 16.7 Å². The van der Waals surface area contributed by atoms with Gasteiger partial charge >= 0.3 is 0 Å². The van der Waals surface area contributed by atoms with Crippen LogP contribution in [-0.4, -0.2) is 0 Å². The fourth-order valence-corrected chi connectivity index (χ4v) is 2.45. The van der Waals surface area contributed by atoms with Crippen molar-refractivity contribution < 1.29 is 0 Å². The maximum atomic E-state index is 3.53. The molecule has 0 nitrogen and oxygen atoms in total. The molecule has 0 fully saturated rings. The Balaban J connectivity index is 2.49. The maximum Gasteiger partial charge on any atom is 0.0181 e. The van der Waals surface area contributed by atoms with Crippen LogP contribution in [0.4, 0.5) is 0 Å². The van der Waals surface area contributed by atoms with E-state index in [0.29, 0.717) is 0 Å². The topological polar surface area (TPSA) is 0 Å². The van der Waals surface area contributed by atoms with Crippen LogP contribution in [0.2, 0.25) is 0 Å². The highest BCUT2D eigenvalue weighted by Crippen LogP contribution is 2.28. The van der Waals surface area contributed by atoms with Gasteiger partial charge in [-0.05, 0) is 47.4 Å². The second kappa shape index (κ2) is 6.35. The Morgan fingerprint density at radius 1 is 0.944 bits per heavy atom. The highest BCUT2D eigenvalue weighted by molar-refractivity contribution is 9.10. The molecule has 2 rings (SSSR count). The molecule has 0 aromatic heterocycles. The van der Waals surface area contributed by atoms with Crippen molar-refractivity contribution in [1.82, 2.24) is 0 Å². The van der Waals surface area contributed by atoms with Gasteiger partial charge in [0.15, 0.2) is 0 Å². The van der Waals surface area contributed by atoms with Crippen molar-refractivity contribution in [3.05, 3.63) is 63.0 Å². The fourth-order valence-electron chi connectivity index (χ4n) is 1.81. The molecule has 18 heavy (non-hydrogen) atoms. The molecule has 0 aliphatic rings. The number of allylic oxidation sites excluding steroid dienone is 1. The van der Waals surface area contributed by atoms with E-state index in [2.05, 4.69) is 93.4 Å². The summed E-state index contributed by atoms with van der Waals surface area (Å²) in [4.78, 5) is 0. The van der Waals surface area contributed by atoms with E-state index in [9.17, 15) is 0 Å². The molecule has 0 spiro atoms. The number of hydrogen-bond donors (Lipinski definition) is 0. The average Bonchev–Trinajstić information content (AvgIpc) is 2.38. The van der Waals surface area contributed by atoms with Crippen molar-refractivity contribution in [3.8, 4) is 11.1 Å². The molecule has 0 bridgehead atoms. The van der Waals surface area contributed by atoms with Crippen LogP contribution in [0.1, 0.15) is 18.9 Å². The molecule has 0 saturated heterocycles. The van der Waals surface area contributed by atoms with Crippen LogP contribution in [0.25, 0.3) is 17.2 Å². The van der Waals surface area contributed by atoms with Gasteiger partial charge < -0.3 is 0 Å². The Kier molecular flexibility index (Phi) is 4.79. The molecule has 2 aromatic rings. The molecule has 0 radical (unpaired) electrons. The Hall–Kier alpha value is -0.860. The van der Waals surface area contributed by atoms with Crippen LogP contribution in [-0.2, 0) is 0 Å². The minimum absolute atomic E-state index is 1.05. The van der Waals surface area contributed by atoms with Crippen LogP contribution < -0.4 is 0 Å². The molecule has 0 amide bonds. The third kappa shape index (κ3) is 3.33. The normalized spacial score (nSPS) is 11.1. The Bertz CT molecular complexity index is 554. The van der Waals surface area contributed by atoms with Crippen molar-refractivity contribution in [2.75, 3.05) is 0 Å². The van der Waals surface area contributed by atoms with Gasteiger partial charge in [0.05, 0.1) is 0 Å². The Labute approximate surface area is 125 Å². The molecule has 0 saturated carbocycles. The lowest BCUT2D eigenvalue weighted by molar-refractivity contribution is 1.23. The lowest BCUT2D eigenvalue weighted by Crippen LogP contribution is -1.83. The third-order valence-electron chi connectivity index (χ3n) is 2.70. The van der Waals surface area contributed by atoms with Crippen LogP contribution in [0.3, 0.4) is 0 Å². The summed E-state index contributed by atoms with van der Waals surface area (Å²) >= 11 is 7.00. The third-order valence-corrected chi connectivity index (χ3v) is 3.72. The van der Waals surface area contributed by atoms with Crippen LogP contribution in [0.15, 0.2) is 57.5 Å². The highest BCUT2D eigenvalue weighted by Gasteiger charge is 2.03. The molecule has 0 atom stereocenters. The maximum absolute atomic E-state index is 3.53. The van der Waals surface area contributed by atoms with Crippen molar-refractivity contribution in [2.24, 2.45) is 0 Å². The summed E-state index contributed by atoms with van der Waals surface area (Å²) in [7, 11) is 0. The lowest BCUT2D eigenvalue weighted by Gasteiger charge is -2.07. The van der Waals surface area contributed by atoms with Gasteiger partial charge in [0.2, 0.25) is 0 Å². The van der Waals surface area contributed by atoms with E-state index < -0.39 is 0 Å². The molecule has 92 valence electrons. The molecule has 2 heteroatoms. The van der Waals surface area contributed by atoms with E-state index in [1.54, 1.807) is 0 Å². The summed E-state index contributed by atoms with van der Waals surface area (Å²) in [5.74, 6) is 0. The molecule has 2 aromatic carbocycles. The smallest absolute Gasteiger partial charge is 0.0181 e. The van der Waals surface area contributed by atoms with Gasteiger partial charge in [-0.15, -0.1) is 0 Å². The zero-order chi connectivity index (χ0) is 13.0. The molecule has 0 heterocycles. The van der Waals surface area contributed by atoms with Crippen molar-refractivity contribution in [1.29, 1.82) is 0 Å². The van der Waals surface area contributed by atoms with Gasteiger partial charge in [-0.1, -0.05) is 69.1 Å². The summed E-state index contributed by atoms with van der Waals surface area (Å²) < 4.78 is 2.22. The van der Waals surface area contributed by atoms with Crippen LogP contribution >= 0.6 is 31.9 Å². The molecule has 0 unspecified atom stereocenters. The average molecular weight is 366 g/mol. The Morgan fingerprint density at radius 3 is 2.28 bits per heavy atom. The van der Waals surface area contributed by atoms with E-state index >= 15 is 0 Å². The quantitative estimate of drug-likeness (QED) is 0.598. The fraction of sp³-hybridized carbons (Fsp3) is 0.125. The number of benzene rings is 2. The number of rotatable bonds is 3. The van der Waals surface area contributed by atoms with Gasteiger partial charge in [0.25, 0.3) is 0 Å². The Morgan fingerprint density at radius 2 is 1.61 bits per heavy atom. The first-order chi connectivity index (χ1) is 8.70. The van der Waals surface area contributed by atoms with Gasteiger partial charge in [-0.2, -0.15) is 0 Å². The second-order valence-corrected chi connectivity index (χ2v) is 5.88. The predicted octanol–water partition coefficient (Wildman–Crippen LogP) is 6.30. The van der Waals surface area contributed by atoms with Gasteiger partial charge in [0, 0.05) is 8.95 Å². The van der Waals surface area contributed by atoms with E-state index in [0.717, 1.165) is 15.4 Å². The zero-order valence-corrected chi connectivity index (χ0v) is 13.3. The number of hydrogen-bond acceptors (Lipinski definition) is 0. The first-order valence-electron chi connectivity index (χ1n) is 5.92. The zero-order valence-electron chi connectivity index (χ0n) is 10.2. The summed E-state index contributed by atoms with van der Waals surface area (Å²) in [6.07, 6.45) is 5.42. The van der Waals surface area contributed by atoms with E-state index in [-0.39, 0.29) is 0 Å². The first-order valence-corrected chi connectivity index (χ1v) is 7.51. The van der Waals surface area contributed by atoms with Gasteiger partial charge in [-0.25, -0.2) is 0 Å². The van der Waals surface area contributed by atoms with Crippen molar-refractivity contribution >= 4 is 37.9 Å². The minimum Gasteiger partial charge on any atom is -0.0842 e. The largest absolute Gasteiger partial charge is 0.0842 e. The van der Waals surface area contributed by atoms with Gasteiger partial charge in [0.1, 0.15) is 0 Å². The van der Waals surface area contributed by atoms with E-state index in [1.807, 2.05) is 0 Å². The van der Waals surface area contributed by atoms with Crippen molar-refractivity contribution in [3.63, 3.8) is 0 Å². The molecular formula is C16H14Br2. The van der Waals surface area contributed by atoms with Crippen molar-refractivity contribution in [2.45, 2.75) is 13.3 Å². The van der Waals surface area contributed by atoms with Crippen LogP contribution in [0.5, 0.6) is 0 Å². The lowest BCUT2D eigenvalue weighted by atomic mass is 9.99. The second-order valence-electron chi connectivity index (χ2n) is 4.05. The first kappa shape index (κ1) is 13.6. The SMILES string of the molecule is CC/C=C/c1cc(Br)ccc1-c1ccc(Br)cc1. The predicted molar refractivity (Wildman–Crippen MR) is 86.6 cm³/mol. The highest BCUT2D eigenvalue weighted by atomic mass is 79.9. The summed E-state index contributed by atoms with van der Waals surface area (Å²) in [6.45, 7) is 2.15. The number of halogens is 2.